The Balaban J connectivity index is 2.04. The molecule has 0 fully saturated rings. The largest absolute Gasteiger partial charge is 0.392 e. The summed E-state index contributed by atoms with van der Waals surface area (Å²) < 4.78 is 1.95. The molecule has 0 aliphatic rings. The summed E-state index contributed by atoms with van der Waals surface area (Å²) in [6.07, 6.45) is 1.22. The maximum Gasteiger partial charge on any atom is 0.251 e. The van der Waals surface area contributed by atoms with Gasteiger partial charge in [0, 0.05) is 29.6 Å². The van der Waals surface area contributed by atoms with Gasteiger partial charge >= 0.3 is 0 Å². The Hall–Kier alpha value is -2.21. The van der Waals surface area contributed by atoms with Crippen LogP contribution in [0.1, 0.15) is 45.0 Å². The molecule has 0 aliphatic carbocycles. The van der Waals surface area contributed by atoms with Crippen LogP contribution in [0.5, 0.6) is 0 Å². The van der Waals surface area contributed by atoms with E-state index in [1.807, 2.05) is 51.3 Å². The zero-order valence-electron chi connectivity index (χ0n) is 15.7. The van der Waals surface area contributed by atoms with Gasteiger partial charge in [0.2, 0.25) is 0 Å². The lowest BCUT2D eigenvalue weighted by atomic mass is 9.80. The summed E-state index contributed by atoms with van der Waals surface area (Å²) in [5, 5.41) is 21.2. The molecule has 0 radical (unpaired) electrons. The lowest BCUT2D eigenvalue weighted by molar-refractivity contribution is 0.0138. The van der Waals surface area contributed by atoms with Crippen molar-refractivity contribution in [3.05, 3.63) is 36.2 Å². The quantitative estimate of drug-likeness (QED) is 0.809. The minimum Gasteiger partial charge on any atom is -0.392 e. The summed E-state index contributed by atoms with van der Waals surface area (Å²) in [4.78, 5) is 12.4. The third-order valence-electron chi connectivity index (χ3n) is 4.50. The average molecular weight is 344 g/mol. The second kappa shape index (κ2) is 7.78. The molecule has 0 aliphatic heterocycles. The number of carbonyl (C=O) groups is 1. The van der Waals surface area contributed by atoms with Gasteiger partial charge < -0.3 is 15.0 Å². The van der Waals surface area contributed by atoms with E-state index in [0.717, 1.165) is 17.9 Å². The standard InChI is InChI=1S/C19H28N4O2/c1-6-23-12-21-22-17(23)14-7-9-15(10-8-14)18(25)20-11-19(4,5)16(24)13(2)3/h7-10,12-13,16,24H,6,11H2,1-5H3,(H,20,25). The number of hydrogen-bond donors (Lipinski definition) is 2. The van der Waals surface area contributed by atoms with Crippen molar-refractivity contribution in [1.82, 2.24) is 20.1 Å². The molecule has 0 bridgehead atoms. The van der Waals surface area contributed by atoms with E-state index < -0.39 is 6.10 Å². The summed E-state index contributed by atoms with van der Waals surface area (Å²) in [6, 6.07) is 7.31. The van der Waals surface area contributed by atoms with E-state index in [4.69, 9.17) is 0 Å². The molecule has 1 atom stereocenters. The van der Waals surface area contributed by atoms with Crippen molar-refractivity contribution in [2.45, 2.75) is 47.3 Å². The Labute approximate surface area is 149 Å². The van der Waals surface area contributed by atoms with Crippen LogP contribution in [0.3, 0.4) is 0 Å². The number of carbonyl (C=O) groups excluding carboxylic acids is 1. The lowest BCUT2D eigenvalue weighted by Crippen LogP contribution is -2.43. The van der Waals surface area contributed by atoms with Gasteiger partial charge in [-0.2, -0.15) is 0 Å². The van der Waals surface area contributed by atoms with E-state index in [9.17, 15) is 9.90 Å². The molecule has 6 nitrogen and oxygen atoms in total. The molecule has 1 amide bonds. The SMILES string of the molecule is CCn1cnnc1-c1ccc(C(=O)NCC(C)(C)C(O)C(C)C)cc1. The Morgan fingerprint density at radius 2 is 1.92 bits per heavy atom. The summed E-state index contributed by atoms with van der Waals surface area (Å²) >= 11 is 0. The van der Waals surface area contributed by atoms with Crippen LogP contribution in [0.2, 0.25) is 0 Å². The number of rotatable bonds is 7. The lowest BCUT2D eigenvalue weighted by Gasteiger charge is -2.33. The normalized spacial score (nSPS) is 13.1. The Kier molecular flexibility index (Phi) is 5.95. The number of nitrogens with zero attached hydrogens (tertiary/aromatic N) is 3. The number of aliphatic hydroxyl groups is 1. The maximum atomic E-state index is 12.4. The fourth-order valence-electron chi connectivity index (χ4n) is 2.90. The van der Waals surface area contributed by atoms with Crippen LogP contribution in [-0.2, 0) is 6.54 Å². The fourth-order valence-corrected chi connectivity index (χ4v) is 2.90. The van der Waals surface area contributed by atoms with Gasteiger partial charge in [0.05, 0.1) is 6.10 Å². The van der Waals surface area contributed by atoms with E-state index >= 15 is 0 Å². The van der Waals surface area contributed by atoms with Gasteiger partial charge in [0.1, 0.15) is 6.33 Å². The molecule has 2 rings (SSSR count). The fraction of sp³-hybridized carbons (Fsp3) is 0.526. The molecule has 2 N–H and O–H groups in total. The van der Waals surface area contributed by atoms with Crippen molar-refractivity contribution in [3.8, 4) is 11.4 Å². The summed E-state index contributed by atoms with van der Waals surface area (Å²) in [7, 11) is 0. The van der Waals surface area contributed by atoms with Crippen molar-refractivity contribution >= 4 is 5.91 Å². The molecule has 25 heavy (non-hydrogen) atoms. The van der Waals surface area contributed by atoms with Crippen LogP contribution in [0, 0.1) is 11.3 Å². The van der Waals surface area contributed by atoms with E-state index in [1.54, 1.807) is 18.5 Å². The topological polar surface area (TPSA) is 80.0 Å². The van der Waals surface area contributed by atoms with Gasteiger partial charge in [0.25, 0.3) is 5.91 Å². The molecule has 0 saturated heterocycles. The zero-order valence-corrected chi connectivity index (χ0v) is 15.7. The molecular formula is C19H28N4O2. The molecule has 0 saturated carbocycles. The number of benzene rings is 1. The molecule has 1 aromatic carbocycles. The van der Waals surface area contributed by atoms with Gasteiger partial charge in [-0.1, -0.05) is 39.8 Å². The molecule has 6 heteroatoms. The highest BCUT2D eigenvalue weighted by molar-refractivity contribution is 5.94. The Bertz CT molecular complexity index is 704. The number of nitrogens with one attached hydrogen (secondary N) is 1. The molecule has 136 valence electrons. The number of aliphatic hydroxyl groups excluding tert-OH is 1. The minimum atomic E-state index is -0.476. The highest BCUT2D eigenvalue weighted by Gasteiger charge is 2.30. The molecule has 1 aromatic heterocycles. The first kappa shape index (κ1) is 19.1. The summed E-state index contributed by atoms with van der Waals surface area (Å²) in [6.45, 7) is 11.1. The number of amides is 1. The average Bonchev–Trinajstić information content (AvgIpc) is 3.07. The van der Waals surface area contributed by atoms with Crippen LogP contribution in [-0.4, -0.2) is 38.4 Å². The first-order valence-electron chi connectivity index (χ1n) is 8.70. The molecule has 1 heterocycles. The second-order valence-corrected chi connectivity index (χ2v) is 7.38. The Morgan fingerprint density at radius 3 is 2.48 bits per heavy atom. The van der Waals surface area contributed by atoms with Gasteiger partial charge in [0.15, 0.2) is 5.82 Å². The third kappa shape index (κ3) is 4.45. The molecule has 0 spiro atoms. The predicted molar refractivity (Wildman–Crippen MR) is 98.1 cm³/mol. The van der Waals surface area contributed by atoms with Crippen molar-refractivity contribution in [1.29, 1.82) is 0 Å². The zero-order chi connectivity index (χ0) is 18.6. The van der Waals surface area contributed by atoms with Crippen LogP contribution in [0.25, 0.3) is 11.4 Å². The van der Waals surface area contributed by atoms with Crippen LogP contribution in [0.15, 0.2) is 30.6 Å². The highest BCUT2D eigenvalue weighted by atomic mass is 16.3. The van der Waals surface area contributed by atoms with Crippen molar-refractivity contribution in [3.63, 3.8) is 0 Å². The first-order chi connectivity index (χ1) is 11.8. The third-order valence-corrected chi connectivity index (χ3v) is 4.50. The summed E-state index contributed by atoms with van der Waals surface area (Å²) in [5.74, 6) is 0.783. The number of hydrogen-bond acceptors (Lipinski definition) is 4. The van der Waals surface area contributed by atoms with E-state index in [0.29, 0.717) is 12.1 Å². The van der Waals surface area contributed by atoms with Gasteiger partial charge in [-0.3, -0.25) is 4.79 Å². The molecular weight excluding hydrogens is 316 g/mol. The smallest absolute Gasteiger partial charge is 0.251 e. The van der Waals surface area contributed by atoms with Crippen LogP contribution >= 0.6 is 0 Å². The van der Waals surface area contributed by atoms with Gasteiger partial charge in [-0.05, 0) is 25.0 Å². The van der Waals surface area contributed by atoms with Crippen molar-refractivity contribution in [2.24, 2.45) is 11.3 Å². The first-order valence-corrected chi connectivity index (χ1v) is 8.70. The van der Waals surface area contributed by atoms with Crippen molar-refractivity contribution in [2.75, 3.05) is 6.54 Å². The van der Waals surface area contributed by atoms with E-state index in [1.165, 1.54) is 0 Å². The Morgan fingerprint density at radius 1 is 1.28 bits per heavy atom. The highest BCUT2D eigenvalue weighted by Crippen LogP contribution is 2.25. The van der Waals surface area contributed by atoms with Crippen molar-refractivity contribution < 1.29 is 9.90 Å². The maximum absolute atomic E-state index is 12.4. The van der Waals surface area contributed by atoms with Crippen LogP contribution < -0.4 is 5.32 Å². The minimum absolute atomic E-state index is 0.141. The van der Waals surface area contributed by atoms with Gasteiger partial charge in [-0.25, -0.2) is 0 Å². The predicted octanol–water partition coefficient (Wildman–Crippen LogP) is 2.74. The van der Waals surface area contributed by atoms with E-state index in [2.05, 4.69) is 15.5 Å². The van der Waals surface area contributed by atoms with Crippen LogP contribution in [0.4, 0.5) is 0 Å². The summed E-state index contributed by atoms with van der Waals surface area (Å²) in [5.41, 5.74) is 1.12. The molecule has 1 unspecified atom stereocenters. The van der Waals surface area contributed by atoms with Gasteiger partial charge in [-0.15, -0.1) is 10.2 Å². The molecule has 2 aromatic rings. The van der Waals surface area contributed by atoms with E-state index in [-0.39, 0.29) is 17.2 Å². The number of aromatic nitrogens is 3. The number of aryl methyl sites for hydroxylation is 1. The monoisotopic (exact) mass is 344 g/mol. The second-order valence-electron chi connectivity index (χ2n) is 7.38.